The van der Waals surface area contributed by atoms with Gasteiger partial charge in [0.1, 0.15) is 10.6 Å². The minimum absolute atomic E-state index is 0.129. The van der Waals surface area contributed by atoms with Gasteiger partial charge in [0.05, 0.1) is 12.8 Å². The fraction of sp³-hybridized carbons (Fsp3) is 0.182. The van der Waals surface area contributed by atoms with Crippen LogP contribution in [-0.2, 0) is 10.0 Å². The highest BCUT2D eigenvalue weighted by atomic mass is 32.2. The maximum atomic E-state index is 12.0. The quantitative estimate of drug-likeness (QED) is 0.861. The molecule has 1 heterocycles. The molecule has 0 spiro atoms. The highest BCUT2D eigenvalue weighted by Crippen LogP contribution is 2.32. The summed E-state index contributed by atoms with van der Waals surface area (Å²) in [6, 6.07) is 4.81. The number of hydrogen-bond donors (Lipinski definition) is 1. The molecule has 0 saturated carbocycles. The molecule has 0 unspecified atom stereocenters. The topological polar surface area (TPSA) is 67.8 Å². The Hall–Kier alpha value is -1.47. The molecule has 1 aliphatic rings. The van der Waals surface area contributed by atoms with Crippen LogP contribution in [0.25, 0.3) is 0 Å². The van der Waals surface area contributed by atoms with Crippen molar-refractivity contribution >= 4 is 32.6 Å². The third kappa shape index (κ3) is 2.51. The lowest BCUT2D eigenvalue weighted by Gasteiger charge is -2.17. The van der Waals surface area contributed by atoms with Crippen LogP contribution >= 0.6 is 11.8 Å². The summed E-state index contributed by atoms with van der Waals surface area (Å²) in [7, 11) is -2.18. The second-order valence-electron chi connectivity index (χ2n) is 3.46. The van der Waals surface area contributed by atoms with Crippen LogP contribution in [0.3, 0.4) is 0 Å². The monoisotopic (exact) mass is 284 g/mol. The van der Waals surface area contributed by atoms with E-state index in [0.717, 1.165) is 0 Å². The van der Waals surface area contributed by atoms with Crippen LogP contribution in [0.1, 0.15) is 0 Å². The lowest BCUT2D eigenvalue weighted by atomic mass is 10.3. The van der Waals surface area contributed by atoms with E-state index in [1.165, 1.54) is 24.9 Å². The van der Waals surface area contributed by atoms with Crippen LogP contribution in [0.15, 0.2) is 40.1 Å². The minimum atomic E-state index is -3.66. The van der Waals surface area contributed by atoms with Crippen molar-refractivity contribution in [2.45, 2.75) is 4.90 Å². The molecule has 2 rings (SSSR count). The Bertz CT molecular complexity index is 609. The Morgan fingerprint density at radius 3 is 3.00 bits per heavy atom. The van der Waals surface area contributed by atoms with Gasteiger partial charge >= 0.3 is 0 Å². The predicted octanol–water partition coefficient (Wildman–Crippen LogP) is 2.08. The number of anilines is 1. The average Bonchev–Trinajstić information content (AvgIpc) is 2.35. The molecule has 0 atom stereocenters. The van der Waals surface area contributed by atoms with Gasteiger partial charge in [0.15, 0.2) is 5.17 Å². The zero-order valence-corrected chi connectivity index (χ0v) is 11.3. The van der Waals surface area contributed by atoms with E-state index in [9.17, 15) is 8.42 Å². The van der Waals surface area contributed by atoms with Gasteiger partial charge in [-0.15, -0.1) is 11.0 Å². The summed E-state index contributed by atoms with van der Waals surface area (Å²) in [6.07, 6.45) is 1.69. The number of ether oxygens (including phenoxy) is 1. The zero-order valence-electron chi connectivity index (χ0n) is 9.71. The van der Waals surface area contributed by atoms with E-state index in [1.54, 1.807) is 18.2 Å². The summed E-state index contributed by atoms with van der Waals surface area (Å²) in [5.74, 6) is 1.07. The molecule has 1 N–H and O–H groups in total. The van der Waals surface area contributed by atoms with E-state index in [4.69, 9.17) is 4.74 Å². The molecule has 1 aliphatic heterocycles. The largest absolute Gasteiger partial charge is 0.497 e. The summed E-state index contributed by atoms with van der Waals surface area (Å²) in [5, 5.41) is 3.32. The average molecular weight is 284 g/mol. The minimum Gasteiger partial charge on any atom is -0.497 e. The molecule has 5 nitrogen and oxygen atoms in total. The van der Waals surface area contributed by atoms with E-state index in [-0.39, 0.29) is 4.90 Å². The number of rotatable bonds is 3. The number of fused-ring (bicyclic) bond motifs is 1. The Kier molecular flexibility index (Phi) is 3.63. The smallest absolute Gasteiger partial charge is 0.286 e. The first-order valence-electron chi connectivity index (χ1n) is 5.10. The van der Waals surface area contributed by atoms with E-state index in [1.807, 2.05) is 0 Å². The van der Waals surface area contributed by atoms with Crippen LogP contribution in [0.5, 0.6) is 5.75 Å². The van der Waals surface area contributed by atoms with Gasteiger partial charge in [-0.3, -0.25) is 0 Å². The maximum absolute atomic E-state index is 12.0. The SMILES string of the molecule is C=CCSC1=NS(=O)(=O)c2cc(OC)ccc2N1. The first-order valence-corrected chi connectivity index (χ1v) is 7.53. The summed E-state index contributed by atoms with van der Waals surface area (Å²) < 4.78 is 32.7. The summed E-state index contributed by atoms with van der Waals surface area (Å²) in [5.41, 5.74) is 0.511. The fourth-order valence-corrected chi connectivity index (χ4v) is 3.43. The molecule has 0 aliphatic carbocycles. The summed E-state index contributed by atoms with van der Waals surface area (Å²) in [6.45, 7) is 3.58. The maximum Gasteiger partial charge on any atom is 0.286 e. The fourth-order valence-electron chi connectivity index (χ4n) is 1.44. The van der Waals surface area contributed by atoms with Gasteiger partial charge in [-0.2, -0.15) is 8.42 Å². The predicted molar refractivity (Wildman–Crippen MR) is 73.9 cm³/mol. The third-order valence-electron chi connectivity index (χ3n) is 2.25. The number of hydrogen-bond acceptors (Lipinski definition) is 5. The number of amidine groups is 1. The van der Waals surface area contributed by atoms with E-state index >= 15 is 0 Å². The van der Waals surface area contributed by atoms with E-state index < -0.39 is 10.0 Å². The number of sulfonamides is 1. The second kappa shape index (κ2) is 5.03. The van der Waals surface area contributed by atoms with Crippen LogP contribution in [-0.4, -0.2) is 26.4 Å². The molecule has 0 bridgehead atoms. The number of nitrogens with zero attached hydrogens (tertiary/aromatic N) is 1. The summed E-state index contributed by atoms with van der Waals surface area (Å²) >= 11 is 1.28. The van der Waals surface area contributed by atoms with Crippen molar-refractivity contribution in [3.8, 4) is 5.75 Å². The Labute approximate surface area is 110 Å². The molecule has 0 saturated heterocycles. The molecule has 96 valence electrons. The third-order valence-corrected chi connectivity index (χ3v) is 4.55. The normalized spacial score (nSPS) is 16.2. The zero-order chi connectivity index (χ0) is 13.2. The molecule has 1 aromatic rings. The Morgan fingerprint density at radius 2 is 2.33 bits per heavy atom. The molecule has 0 radical (unpaired) electrons. The molecule has 0 aromatic heterocycles. The lowest BCUT2D eigenvalue weighted by Crippen LogP contribution is -2.19. The van der Waals surface area contributed by atoms with Gasteiger partial charge in [-0.25, -0.2) is 0 Å². The van der Waals surface area contributed by atoms with Crippen molar-refractivity contribution in [2.24, 2.45) is 4.40 Å². The van der Waals surface area contributed by atoms with Crippen molar-refractivity contribution in [3.63, 3.8) is 0 Å². The number of methoxy groups -OCH3 is 1. The van der Waals surface area contributed by atoms with Gasteiger partial charge in [-0.05, 0) is 12.1 Å². The molecule has 0 amide bonds. The van der Waals surface area contributed by atoms with Crippen LogP contribution < -0.4 is 10.1 Å². The Balaban J connectivity index is 2.41. The van der Waals surface area contributed by atoms with E-state index in [0.29, 0.717) is 22.4 Å². The standard InChI is InChI=1S/C11H12N2O3S2/c1-3-6-17-11-12-9-5-4-8(16-2)7-10(9)18(14,15)13-11/h3-5,7H,1,6H2,2H3,(H,12,13). The number of thioether (sulfide) groups is 1. The molecule has 7 heteroatoms. The highest BCUT2D eigenvalue weighted by Gasteiger charge is 2.25. The number of benzene rings is 1. The van der Waals surface area contributed by atoms with Crippen LogP contribution in [0.4, 0.5) is 5.69 Å². The van der Waals surface area contributed by atoms with Gasteiger partial charge in [-0.1, -0.05) is 17.8 Å². The van der Waals surface area contributed by atoms with Gasteiger partial charge in [0, 0.05) is 11.8 Å². The van der Waals surface area contributed by atoms with Crippen molar-refractivity contribution < 1.29 is 13.2 Å². The second-order valence-corrected chi connectivity index (χ2v) is 6.04. The van der Waals surface area contributed by atoms with Crippen LogP contribution in [0.2, 0.25) is 0 Å². The Morgan fingerprint density at radius 1 is 1.56 bits per heavy atom. The van der Waals surface area contributed by atoms with E-state index in [2.05, 4.69) is 16.3 Å². The molecular formula is C11H12N2O3S2. The van der Waals surface area contributed by atoms with Crippen LogP contribution in [0, 0.1) is 0 Å². The highest BCUT2D eigenvalue weighted by molar-refractivity contribution is 8.15. The number of nitrogens with one attached hydrogen (secondary N) is 1. The van der Waals surface area contributed by atoms with Crippen molar-refractivity contribution in [3.05, 3.63) is 30.9 Å². The van der Waals surface area contributed by atoms with Gasteiger partial charge < -0.3 is 10.1 Å². The molecular weight excluding hydrogens is 272 g/mol. The van der Waals surface area contributed by atoms with Gasteiger partial charge in [0.25, 0.3) is 10.0 Å². The molecule has 0 fully saturated rings. The van der Waals surface area contributed by atoms with Crippen molar-refractivity contribution in [1.82, 2.24) is 0 Å². The van der Waals surface area contributed by atoms with Crippen molar-refractivity contribution in [1.29, 1.82) is 0 Å². The van der Waals surface area contributed by atoms with Crippen molar-refractivity contribution in [2.75, 3.05) is 18.2 Å². The molecule has 18 heavy (non-hydrogen) atoms. The summed E-state index contributed by atoms with van der Waals surface area (Å²) in [4.78, 5) is 0.129. The lowest BCUT2D eigenvalue weighted by molar-refractivity contribution is 0.413. The first-order chi connectivity index (χ1) is 8.56. The van der Waals surface area contributed by atoms with Gasteiger partial charge in [0.2, 0.25) is 0 Å². The first kappa shape index (κ1) is 13.0. The molecule has 1 aromatic carbocycles.